The maximum atomic E-state index is 15.1. The Morgan fingerprint density at radius 2 is 2.04 bits per heavy atom. The van der Waals surface area contributed by atoms with Gasteiger partial charge in [-0.2, -0.15) is 4.68 Å². The van der Waals surface area contributed by atoms with Crippen molar-refractivity contribution < 1.29 is 14.3 Å². The van der Waals surface area contributed by atoms with Crippen LogP contribution in [-0.2, 0) is 0 Å². The maximum absolute atomic E-state index is 15.1. The summed E-state index contributed by atoms with van der Waals surface area (Å²) in [5.41, 5.74) is -0.563. The van der Waals surface area contributed by atoms with Gasteiger partial charge in [0, 0.05) is 24.7 Å². The van der Waals surface area contributed by atoms with E-state index < -0.39 is 23.2 Å². The largest absolute Gasteiger partial charge is 0.465 e. The summed E-state index contributed by atoms with van der Waals surface area (Å²) < 4.78 is 17.1. The third-order valence-corrected chi connectivity index (χ3v) is 5.33. The fourth-order valence-corrected chi connectivity index (χ4v) is 3.83. The molecule has 27 heavy (non-hydrogen) atoms. The highest BCUT2D eigenvalue weighted by atomic mass is 19.1. The van der Waals surface area contributed by atoms with Gasteiger partial charge in [0.15, 0.2) is 0 Å². The van der Waals surface area contributed by atoms with Gasteiger partial charge >= 0.3 is 11.8 Å². The second-order valence-electron chi connectivity index (χ2n) is 7.17. The molecule has 1 unspecified atom stereocenters. The number of hydrogen-bond acceptors (Lipinski definition) is 5. The zero-order valence-corrected chi connectivity index (χ0v) is 14.7. The number of aromatic nitrogens is 2. The van der Waals surface area contributed by atoms with Crippen molar-refractivity contribution in [1.29, 1.82) is 0 Å². The van der Waals surface area contributed by atoms with Gasteiger partial charge in [-0.3, -0.25) is 9.36 Å². The van der Waals surface area contributed by atoms with E-state index >= 15 is 4.39 Å². The molecule has 0 radical (unpaired) electrons. The van der Waals surface area contributed by atoms with Gasteiger partial charge in [-0.25, -0.2) is 14.0 Å². The Bertz CT molecular complexity index is 1070. The first-order valence-electron chi connectivity index (χ1n) is 8.79. The van der Waals surface area contributed by atoms with Crippen LogP contribution in [0.5, 0.6) is 0 Å². The van der Waals surface area contributed by atoms with E-state index in [1.807, 2.05) is 0 Å². The van der Waals surface area contributed by atoms with Gasteiger partial charge in [-0.05, 0) is 32.3 Å². The SMILES string of the molecule is Cc1c(F)c(N2CCC(NC(=O)O)C2)cc2c1c(=O)n(N)c(=O)n2C1CC1. The van der Waals surface area contributed by atoms with Crippen LogP contribution in [-0.4, -0.2) is 39.6 Å². The maximum Gasteiger partial charge on any atom is 0.404 e. The highest BCUT2D eigenvalue weighted by molar-refractivity contribution is 5.86. The Labute approximate surface area is 152 Å². The molecule has 2 aromatic rings. The quantitative estimate of drug-likeness (QED) is 0.670. The van der Waals surface area contributed by atoms with Gasteiger partial charge in [-0.15, -0.1) is 0 Å². The van der Waals surface area contributed by atoms with Crippen molar-refractivity contribution in [3.8, 4) is 0 Å². The molecular weight excluding hydrogens is 357 g/mol. The average molecular weight is 377 g/mol. The summed E-state index contributed by atoms with van der Waals surface area (Å²) in [7, 11) is 0. The zero-order valence-electron chi connectivity index (χ0n) is 14.7. The Balaban J connectivity index is 1.89. The molecule has 4 rings (SSSR count). The predicted molar refractivity (Wildman–Crippen MR) is 97.4 cm³/mol. The molecule has 0 spiro atoms. The molecule has 1 aliphatic heterocycles. The number of hydrogen-bond donors (Lipinski definition) is 3. The van der Waals surface area contributed by atoms with Gasteiger partial charge < -0.3 is 21.2 Å². The summed E-state index contributed by atoms with van der Waals surface area (Å²) >= 11 is 0. The van der Waals surface area contributed by atoms with Crippen LogP contribution in [0.25, 0.3) is 10.9 Å². The van der Waals surface area contributed by atoms with E-state index in [1.54, 1.807) is 4.90 Å². The lowest BCUT2D eigenvalue weighted by Gasteiger charge is -2.22. The van der Waals surface area contributed by atoms with Crippen LogP contribution in [0, 0.1) is 12.7 Å². The van der Waals surface area contributed by atoms with Gasteiger partial charge in [0.25, 0.3) is 5.56 Å². The Morgan fingerprint density at radius 3 is 2.67 bits per heavy atom. The van der Waals surface area contributed by atoms with Crippen LogP contribution in [0.1, 0.15) is 30.9 Å². The van der Waals surface area contributed by atoms with Crippen molar-refractivity contribution in [1.82, 2.24) is 14.6 Å². The first-order chi connectivity index (χ1) is 12.8. The normalized spacial score (nSPS) is 19.6. The third kappa shape index (κ3) is 2.71. The summed E-state index contributed by atoms with van der Waals surface area (Å²) in [4.78, 5) is 37.6. The highest BCUT2D eigenvalue weighted by Gasteiger charge is 2.31. The molecule has 1 saturated carbocycles. The van der Waals surface area contributed by atoms with E-state index in [0.717, 1.165) is 12.8 Å². The molecule has 2 fully saturated rings. The number of amides is 1. The lowest BCUT2D eigenvalue weighted by atomic mass is 10.1. The molecule has 0 bridgehead atoms. The summed E-state index contributed by atoms with van der Waals surface area (Å²) in [6.07, 6.45) is 1.02. The number of nitrogens with zero attached hydrogens (tertiary/aromatic N) is 3. The van der Waals surface area contributed by atoms with Crippen molar-refractivity contribution in [2.45, 2.75) is 38.3 Å². The molecule has 1 aliphatic carbocycles. The molecule has 1 saturated heterocycles. The number of nitrogens with two attached hydrogens (primary N) is 1. The number of rotatable bonds is 3. The average Bonchev–Trinajstić information content (AvgIpc) is 3.34. The minimum atomic E-state index is -1.12. The van der Waals surface area contributed by atoms with Gasteiger partial charge in [-0.1, -0.05) is 0 Å². The molecule has 1 aromatic heterocycles. The number of aryl methyl sites for hydroxylation is 1. The van der Waals surface area contributed by atoms with Crippen LogP contribution < -0.4 is 27.3 Å². The molecule has 2 aliphatic rings. The summed E-state index contributed by atoms with van der Waals surface area (Å²) in [5, 5.41) is 11.4. The second-order valence-corrected chi connectivity index (χ2v) is 7.17. The molecule has 1 aromatic carbocycles. The molecule has 10 heteroatoms. The lowest BCUT2D eigenvalue weighted by Crippen LogP contribution is -2.45. The Morgan fingerprint density at radius 1 is 1.33 bits per heavy atom. The topological polar surface area (TPSA) is 123 Å². The van der Waals surface area contributed by atoms with Gasteiger partial charge in [0.2, 0.25) is 0 Å². The van der Waals surface area contributed by atoms with Crippen LogP contribution in [0.4, 0.5) is 14.9 Å². The fraction of sp³-hybridized carbons (Fsp3) is 0.471. The molecular formula is C17H20FN5O4. The van der Waals surface area contributed by atoms with Crippen LogP contribution in [0.3, 0.4) is 0 Å². The zero-order chi connectivity index (χ0) is 19.5. The lowest BCUT2D eigenvalue weighted by molar-refractivity contribution is 0.191. The first kappa shape index (κ1) is 17.4. The van der Waals surface area contributed by atoms with Crippen molar-refractivity contribution in [2.75, 3.05) is 23.8 Å². The minimum Gasteiger partial charge on any atom is -0.465 e. The van der Waals surface area contributed by atoms with Crippen LogP contribution in [0.15, 0.2) is 15.7 Å². The van der Waals surface area contributed by atoms with Crippen molar-refractivity contribution in [2.24, 2.45) is 0 Å². The molecule has 9 nitrogen and oxygen atoms in total. The molecule has 1 amide bonds. The summed E-state index contributed by atoms with van der Waals surface area (Å²) in [6.45, 7) is 2.28. The van der Waals surface area contributed by atoms with Crippen molar-refractivity contribution >= 4 is 22.7 Å². The number of nitrogens with one attached hydrogen (secondary N) is 1. The van der Waals surface area contributed by atoms with Crippen molar-refractivity contribution in [3.63, 3.8) is 0 Å². The number of fused-ring (bicyclic) bond motifs is 1. The molecule has 2 heterocycles. The second kappa shape index (κ2) is 6.00. The highest BCUT2D eigenvalue weighted by Crippen LogP contribution is 2.37. The van der Waals surface area contributed by atoms with E-state index in [9.17, 15) is 14.4 Å². The van der Waals surface area contributed by atoms with E-state index in [1.165, 1.54) is 17.6 Å². The smallest absolute Gasteiger partial charge is 0.404 e. The number of anilines is 1. The Hall–Kier alpha value is -3.04. The van der Waals surface area contributed by atoms with Crippen LogP contribution in [0.2, 0.25) is 0 Å². The predicted octanol–water partition coefficient (Wildman–Crippen LogP) is 0.506. The monoisotopic (exact) mass is 377 g/mol. The Kier molecular flexibility index (Phi) is 3.86. The standard InChI is InChI=1S/C17H20FN5O4/c1-8-13-11(22(10-2-3-10)17(27)23(19)15(13)24)6-12(14(8)18)21-5-4-9(7-21)20-16(25)26/h6,9-10,20H,2-5,7,19H2,1H3,(H,25,26). The minimum absolute atomic E-state index is 0.0480. The fourth-order valence-electron chi connectivity index (χ4n) is 3.83. The first-order valence-corrected chi connectivity index (χ1v) is 8.79. The summed E-state index contributed by atoms with van der Waals surface area (Å²) in [5.74, 6) is 5.07. The van der Waals surface area contributed by atoms with Crippen molar-refractivity contribution in [3.05, 3.63) is 38.3 Å². The molecule has 144 valence electrons. The number of halogens is 1. The van der Waals surface area contributed by atoms with Gasteiger partial charge in [0.1, 0.15) is 5.82 Å². The van der Waals surface area contributed by atoms with E-state index in [-0.39, 0.29) is 28.7 Å². The number of nitrogen functional groups attached to an aromatic ring is 1. The van der Waals surface area contributed by atoms with Crippen LogP contribution >= 0.6 is 0 Å². The number of carbonyl (C=O) groups is 1. The molecule has 1 atom stereocenters. The van der Waals surface area contributed by atoms with E-state index in [4.69, 9.17) is 10.9 Å². The summed E-state index contributed by atoms with van der Waals surface area (Å²) in [6, 6.07) is 1.16. The van der Waals surface area contributed by atoms with Gasteiger partial charge in [0.05, 0.1) is 22.6 Å². The number of carboxylic acid groups (broad SMARTS) is 1. The third-order valence-electron chi connectivity index (χ3n) is 5.33. The molecule has 4 N–H and O–H groups in total. The van der Waals surface area contributed by atoms with E-state index in [2.05, 4.69) is 5.32 Å². The number of benzene rings is 1. The van der Waals surface area contributed by atoms with E-state index in [0.29, 0.717) is 29.7 Å².